The number of rotatable bonds is 8. The van der Waals surface area contributed by atoms with Crippen LogP contribution in [0.3, 0.4) is 0 Å². The number of hydrogen-bond donors (Lipinski definition) is 1. The van der Waals surface area contributed by atoms with Crippen LogP contribution in [0.25, 0.3) is 0 Å². The first-order valence-electron chi connectivity index (χ1n) is 8.17. The summed E-state index contributed by atoms with van der Waals surface area (Å²) in [5.41, 5.74) is 5.04. The zero-order valence-electron chi connectivity index (χ0n) is 15.0. The molecule has 2 rings (SSSR count). The lowest BCUT2D eigenvalue weighted by Gasteiger charge is -2.12. The van der Waals surface area contributed by atoms with Crippen LogP contribution in [0.1, 0.15) is 37.0 Å². The van der Waals surface area contributed by atoms with Crippen molar-refractivity contribution >= 4 is 23.0 Å². The summed E-state index contributed by atoms with van der Waals surface area (Å²) in [5, 5.41) is 6.87. The van der Waals surface area contributed by atoms with Crippen molar-refractivity contribution in [3.63, 3.8) is 0 Å². The molecule has 2 aromatic rings. The number of benzene rings is 1. The van der Waals surface area contributed by atoms with E-state index in [-0.39, 0.29) is 12.3 Å². The monoisotopic (exact) mass is 361 g/mol. The number of nitrogens with zero attached hydrogens (tertiary/aromatic N) is 2. The smallest absolute Gasteiger partial charge is 0.246 e. The quantitative estimate of drug-likeness (QED) is 0.578. The first-order chi connectivity index (χ1) is 12.0. The highest BCUT2D eigenvalue weighted by Crippen LogP contribution is 2.28. The summed E-state index contributed by atoms with van der Waals surface area (Å²) in [6.45, 7) is 8.70. The molecule has 1 amide bonds. The van der Waals surface area contributed by atoms with Gasteiger partial charge in [0.25, 0.3) is 0 Å². The normalized spacial score (nSPS) is 11.3. The topological polar surface area (TPSA) is 72.8 Å². The Hall–Kier alpha value is -2.41. The number of ether oxygens (including phenoxy) is 2. The van der Waals surface area contributed by atoms with Gasteiger partial charge in [-0.05, 0) is 45.9 Å². The molecule has 0 radical (unpaired) electrons. The number of aromatic nitrogens is 1. The van der Waals surface area contributed by atoms with Crippen LogP contribution in [-0.4, -0.2) is 29.8 Å². The number of nitrogens with one attached hydrogen (secondary N) is 1. The summed E-state index contributed by atoms with van der Waals surface area (Å²) >= 11 is 1.47. The molecule has 0 spiro atoms. The summed E-state index contributed by atoms with van der Waals surface area (Å²) in [7, 11) is 0. The zero-order valence-corrected chi connectivity index (χ0v) is 15.8. The minimum atomic E-state index is -0.190. The standard InChI is InChI=1S/C18H23N3O3S/c1-5-23-15-8-7-14(9-16(15)24-6-2)13(4)20-21-17(22)10-18-19-12(3)11-25-18/h7-9,11H,5-6,10H2,1-4H3,(H,21,22)/b20-13-. The molecule has 7 heteroatoms. The van der Waals surface area contributed by atoms with Gasteiger partial charge in [0, 0.05) is 16.6 Å². The molecule has 0 aliphatic heterocycles. The summed E-state index contributed by atoms with van der Waals surface area (Å²) in [4.78, 5) is 16.2. The molecule has 0 saturated heterocycles. The summed E-state index contributed by atoms with van der Waals surface area (Å²) in [5.74, 6) is 1.18. The van der Waals surface area contributed by atoms with E-state index in [1.165, 1.54) is 11.3 Å². The van der Waals surface area contributed by atoms with Gasteiger partial charge in [-0.1, -0.05) is 0 Å². The van der Waals surface area contributed by atoms with Gasteiger partial charge in [0.2, 0.25) is 5.91 Å². The van der Waals surface area contributed by atoms with Gasteiger partial charge in [-0.3, -0.25) is 4.79 Å². The fraction of sp³-hybridized carbons (Fsp3) is 0.389. The fourth-order valence-corrected chi connectivity index (χ4v) is 2.92. The second-order valence-corrected chi connectivity index (χ2v) is 6.26. The van der Waals surface area contributed by atoms with Gasteiger partial charge in [-0.25, -0.2) is 10.4 Å². The number of hydrogen-bond acceptors (Lipinski definition) is 6. The van der Waals surface area contributed by atoms with Gasteiger partial charge < -0.3 is 9.47 Å². The van der Waals surface area contributed by atoms with Gasteiger partial charge in [0.15, 0.2) is 11.5 Å². The van der Waals surface area contributed by atoms with Crippen LogP contribution in [0.5, 0.6) is 11.5 Å². The predicted octanol–water partition coefficient (Wildman–Crippen LogP) is 3.33. The molecular formula is C18H23N3O3S. The van der Waals surface area contributed by atoms with E-state index in [0.29, 0.717) is 30.4 Å². The van der Waals surface area contributed by atoms with Crippen LogP contribution in [0.2, 0.25) is 0 Å². The minimum absolute atomic E-state index is 0.190. The van der Waals surface area contributed by atoms with E-state index in [1.807, 2.05) is 51.3 Å². The Morgan fingerprint density at radius 1 is 1.24 bits per heavy atom. The Bertz CT molecular complexity index is 756. The molecule has 0 atom stereocenters. The van der Waals surface area contributed by atoms with E-state index in [1.54, 1.807) is 0 Å². The van der Waals surface area contributed by atoms with Crippen LogP contribution in [0, 0.1) is 6.92 Å². The Morgan fingerprint density at radius 3 is 2.60 bits per heavy atom. The number of carbonyl (C=O) groups is 1. The van der Waals surface area contributed by atoms with E-state index in [2.05, 4.69) is 15.5 Å². The highest BCUT2D eigenvalue weighted by atomic mass is 32.1. The first kappa shape index (κ1) is 18.9. The van der Waals surface area contributed by atoms with E-state index in [4.69, 9.17) is 9.47 Å². The lowest BCUT2D eigenvalue weighted by Crippen LogP contribution is -2.21. The van der Waals surface area contributed by atoms with E-state index in [0.717, 1.165) is 16.3 Å². The minimum Gasteiger partial charge on any atom is -0.490 e. The van der Waals surface area contributed by atoms with Crippen LogP contribution in [0.4, 0.5) is 0 Å². The molecular weight excluding hydrogens is 338 g/mol. The number of amides is 1. The average Bonchev–Trinajstić information content (AvgIpc) is 2.99. The Balaban J connectivity index is 2.05. The predicted molar refractivity (Wildman–Crippen MR) is 99.7 cm³/mol. The third-order valence-electron chi connectivity index (χ3n) is 3.29. The van der Waals surface area contributed by atoms with E-state index < -0.39 is 0 Å². The van der Waals surface area contributed by atoms with Crippen LogP contribution in [-0.2, 0) is 11.2 Å². The van der Waals surface area contributed by atoms with Crippen molar-refractivity contribution in [2.45, 2.75) is 34.1 Å². The molecule has 1 heterocycles. The van der Waals surface area contributed by atoms with Crippen molar-refractivity contribution in [3.05, 3.63) is 39.8 Å². The van der Waals surface area contributed by atoms with Crippen LogP contribution >= 0.6 is 11.3 Å². The van der Waals surface area contributed by atoms with Crippen molar-refractivity contribution in [1.82, 2.24) is 10.4 Å². The highest BCUT2D eigenvalue weighted by Gasteiger charge is 2.09. The molecule has 0 aliphatic rings. The Morgan fingerprint density at radius 2 is 1.96 bits per heavy atom. The van der Waals surface area contributed by atoms with Crippen molar-refractivity contribution in [1.29, 1.82) is 0 Å². The summed E-state index contributed by atoms with van der Waals surface area (Å²) in [6.07, 6.45) is 0.225. The lowest BCUT2D eigenvalue weighted by atomic mass is 10.1. The molecule has 0 unspecified atom stereocenters. The molecule has 0 bridgehead atoms. The first-order valence-corrected chi connectivity index (χ1v) is 9.05. The van der Waals surface area contributed by atoms with Gasteiger partial charge in [-0.15, -0.1) is 11.3 Å². The molecule has 0 saturated carbocycles. The number of thiazole rings is 1. The molecule has 0 fully saturated rings. The Labute approximate surface area is 151 Å². The molecule has 25 heavy (non-hydrogen) atoms. The molecule has 1 aromatic heterocycles. The van der Waals surface area contributed by atoms with E-state index >= 15 is 0 Å². The molecule has 0 aliphatic carbocycles. The van der Waals surface area contributed by atoms with Crippen molar-refractivity contribution in [3.8, 4) is 11.5 Å². The molecule has 6 nitrogen and oxygen atoms in total. The summed E-state index contributed by atoms with van der Waals surface area (Å²) in [6, 6.07) is 5.61. The van der Waals surface area contributed by atoms with Crippen LogP contribution in [0.15, 0.2) is 28.7 Å². The zero-order chi connectivity index (χ0) is 18.2. The SMILES string of the molecule is CCOc1ccc(/C(C)=N\NC(=O)Cc2nc(C)cs2)cc1OCC. The van der Waals surface area contributed by atoms with Crippen molar-refractivity contribution in [2.24, 2.45) is 5.10 Å². The van der Waals surface area contributed by atoms with Crippen LogP contribution < -0.4 is 14.9 Å². The maximum Gasteiger partial charge on any atom is 0.246 e. The van der Waals surface area contributed by atoms with Gasteiger partial charge in [0.1, 0.15) is 5.01 Å². The van der Waals surface area contributed by atoms with Gasteiger partial charge in [0.05, 0.1) is 25.3 Å². The maximum atomic E-state index is 12.0. The summed E-state index contributed by atoms with van der Waals surface area (Å²) < 4.78 is 11.2. The largest absolute Gasteiger partial charge is 0.490 e. The van der Waals surface area contributed by atoms with Gasteiger partial charge >= 0.3 is 0 Å². The molecule has 1 aromatic carbocycles. The lowest BCUT2D eigenvalue weighted by molar-refractivity contribution is -0.120. The number of aryl methyl sites for hydroxylation is 1. The average molecular weight is 361 g/mol. The maximum absolute atomic E-state index is 12.0. The second-order valence-electron chi connectivity index (χ2n) is 5.32. The highest BCUT2D eigenvalue weighted by molar-refractivity contribution is 7.09. The Kier molecular flexibility index (Phi) is 6.94. The molecule has 1 N–H and O–H groups in total. The number of hydrazone groups is 1. The number of carbonyl (C=O) groups excluding carboxylic acids is 1. The third-order valence-corrected chi connectivity index (χ3v) is 4.25. The van der Waals surface area contributed by atoms with Crippen molar-refractivity contribution in [2.75, 3.05) is 13.2 Å². The molecule has 134 valence electrons. The fourth-order valence-electron chi connectivity index (χ4n) is 2.15. The third kappa shape index (κ3) is 5.56. The van der Waals surface area contributed by atoms with Crippen molar-refractivity contribution < 1.29 is 14.3 Å². The van der Waals surface area contributed by atoms with E-state index in [9.17, 15) is 4.79 Å². The van der Waals surface area contributed by atoms with Gasteiger partial charge in [-0.2, -0.15) is 5.10 Å². The second kappa shape index (κ2) is 9.17.